The fraction of sp³-hybridized carbons (Fsp3) is 0.353. The molecule has 138 valence electrons. The van der Waals surface area contributed by atoms with Crippen LogP contribution in [0, 0.1) is 6.92 Å². The second-order valence-electron chi connectivity index (χ2n) is 6.35. The van der Waals surface area contributed by atoms with Crippen LogP contribution >= 0.6 is 0 Å². The predicted molar refractivity (Wildman–Crippen MR) is 95.8 cm³/mol. The molecule has 1 aromatic heterocycles. The van der Waals surface area contributed by atoms with E-state index in [4.69, 9.17) is 5.11 Å². The van der Waals surface area contributed by atoms with Gasteiger partial charge in [-0.15, -0.1) is 0 Å². The van der Waals surface area contributed by atoms with Gasteiger partial charge in [-0.05, 0) is 37.5 Å². The van der Waals surface area contributed by atoms with Crippen LogP contribution in [-0.2, 0) is 10.0 Å². The van der Waals surface area contributed by atoms with Crippen LogP contribution in [0.15, 0.2) is 35.5 Å². The Labute approximate surface area is 151 Å². The van der Waals surface area contributed by atoms with Crippen molar-refractivity contribution in [2.45, 2.75) is 36.6 Å². The summed E-state index contributed by atoms with van der Waals surface area (Å²) in [7, 11) is -2.01. The Kier molecular flexibility index (Phi) is 4.92. The van der Waals surface area contributed by atoms with Crippen molar-refractivity contribution < 1.29 is 18.3 Å². The summed E-state index contributed by atoms with van der Waals surface area (Å²) in [6, 6.07) is 5.74. The highest BCUT2D eigenvalue weighted by Gasteiger charge is 2.35. The summed E-state index contributed by atoms with van der Waals surface area (Å²) in [6.45, 7) is 1.64. The molecular formula is C17H20N4O4S. The lowest BCUT2D eigenvalue weighted by Crippen LogP contribution is -2.43. The summed E-state index contributed by atoms with van der Waals surface area (Å²) in [5, 5.41) is 12.0. The van der Waals surface area contributed by atoms with Gasteiger partial charge in [0.25, 0.3) is 0 Å². The SMILES string of the molecule is CNc1cc(C2CC(NS(=O)(=O)c3cc(C(=O)O)ccc3C)C2)ncn1. The Hall–Kier alpha value is -2.52. The second-order valence-corrected chi connectivity index (χ2v) is 8.03. The van der Waals surface area contributed by atoms with E-state index in [1.54, 1.807) is 14.0 Å². The van der Waals surface area contributed by atoms with Crippen molar-refractivity contribution in [2.75, 3.05) is 12.4 Å². The van der Waals surface area contributed by atoms with Gasteiger partial charge >= 0.3 is 5.97 Å². The van der Waals surface area contributed by atoms with Crippen LogP contribution in [0.25, 0.3) is 0 Å². The third-order valence-corrected chi connectivity index (χ3v) is 6.21. The number of hydrogen-bond donors (Lipinski definition) is 3. The molecule has 0 unspecified atom stereocenters. The van der Waals surface area contributed by atoms with E-state index in [-0.39, 0.29) is 22.4 Å². The molecule has 8 nitrogen and oxygen atoms in total. The molecule has 0 aliphatic heterocycles. The number of anilines is 1. The number of hydrogen-bond acceptors (Lipinski definition) is 6. The molecule has 0 spiro atoms. The fourth-order valence-corrected chi connectivity index (χ4v) is 4.53. The monoisotopic (exact) mass is 376 g/mol. The van der Waals surface area contributed by atoms with Crippen molar-refractivity contribution in [3.05, 3.63) is 47.4 Å². The quantitative estimate of drug-likeness (QED) is 0.702. The number of rotatable bonds is 6. The van der Waals surface area contributed by atoms with Crippen LogP contribution in [-0.4, -0.2) is 42.6 Å². The van der Waals surface area contributed by atoms with Gasteiger partial charge < -0.3 is 10.4 Å². The highest BCUT2D eigenvalue weighted by molar-refractivity contribution is 7.89. The predicted octanol–water partition coefficient (Wildman–Crippen LogP) is 1.75. The van der Waals surface area contributed by atoms with Crippen LogP contribution in [0.1, 0.15) is 40.4 Å². The average Bonchev–Trinajstić information content (AvgIpc) is 2.57. The summed E-state index contributed by atoms with van der Waals surface area (Å²) in [6.07, 6.45) is 2.76. The third kappa shape index (κ3) is 3.68. The van der Waals surface area contributed by atoms with Crippen LogP contribution in [0.4, 0.5) is 5.82 Å². The van der Waals surface area contributed by atoms with Crippen molar-refractivity contribution >= 4 is 21.8 Å². The normalized spacial score (nSPS) is 19.6. The molecule has 9 heteroatoms. The van der Waals surface area contributed by atoms with E-state index in [0.29, 0.717) is 18.4 Å². The smallest absolute Gasteiger partial charge is 0.335 e. The first kappa shape index (κ1) is 18.3. The van der Waals surface area contributed by atoms with Crippen LogP contribution in [0.2, 0.25) is 0 Å². The minimum atomic E-state index is -3.78. The molecule has 26 heavy (non-hydrogen) atoms. The number of carbonyl (C=O) groups is 1. The van der Waals surface area contributed by atoms with Gasteiger partial charge in [-0.3, -0.25) is 0 Å². The summed E-state index contributed by atoms with van der Waals surface area (Å²) in [5.41, 5.74) is 1.33. The maximum Gasteiger partial charge on any atom is 0.335 e. The Balaban J connectivity index is 1.70. The van der Waals surface area contributed by atoms with E-state index in [2.05, 4.69) is 20.0 Å². The molecule has 1 aliphatic carbocycles. The highest BCUT2D eigenvalue weighted by Crippen LogP contribution is 2.37. The van der Waals surface area contributed by atoms with Crippen molar-refractivity contribution in [3.8, 4) is 0 Å². The number of aromatic nitrogens is 2. The zero-order valence-electron chi connectivity index (χ0n) is 14.4. The molecule has 3 rings (SSSR count). The summed E-state index contributed by atoms with van der Waals surface area (Å²) in [4.78, 5) is 19.4. The highest BCUT2D eigenvalue weighted by atomic mass is 32.2. The van der Waals surface area contributed by atoms with Crippen LogP contribution in [0.5, 0.6) is 0 Å². The first-order valence-electron chi connectivity index (χ1n) is 8.16. The van der Waals surface area contributed by atoms with E-state index in [9.17, 15) is 13.2 Å². The summed E-state index contributed by atoms with van der Waals surface area (Å²) in [5.74, 6) is -0.265. The zero-order valence-corrected chi connectivity index (χ0v) is 15.2. The number of benzene rings is 1. The Morgan fingerprint density at radius 3 is 2.62 bits per heavy atom. The first-order chi connectivity index (χ1) is 12.3. The molecule has 1 saturated carbocycles. The van der Waals surface area contributed by atoms with E-state index < -0.39 is 16.0 Å². The lowest BCUT2D eigenvalue weighted by atomic mass is 9.78. The number of carboxylic acid groups (broad SMARTS) is 1. The molecule has 0 bridgehead atoms. The number of sulfonamides is 1. The lowest BCUT2D eigenvalue weighted by molar-refractivity contribution is 0.0696. The van der Waals surface area contributed by atoms with Gasteiger partial charge in [-0.2, -0.15) is 0 Å². The summed E-state index contributed by atoms with van der Waals surface area (Å²) < 4.78 is 27.9. The standard InChI is InChI=1S/C17H20N4O4S/c1-10-3-4-11(17(22)23)7-15(10)26(24,25)21-13-5-12(6-13)14-8-16(18-2)20-9-19-14/h3-4,7-9,12-13,21H,5-6H2,1-2H3,(H,22,23)(H,18,19,20). The number of aromatic carboxylic acids is 1. The molecule has 0 amide bonds. The largest absolute Gasteiger partial charge is 0.478 e. The third-order valence-electron chi connectivity index (χ3n) is 4.55. The van der Waals surface area contributed by atoms with E-state index >= 15 is 0 Å². The molecule has 3 N–H and O–H groups in total. The first-order valence-corrected chi connectivity index (χ1v) is 9.64. The Morgan fingerprint density at radius 1 is 1.23 bits per heavy atom. The molecule has 1 fully saturated rings. The molecule has 1 heterocycles. The number of carboxylic acids is 1. The second kappa shape index (κ2) is 7.00. The molecule has 1 aromatic carbocycles. The van der Waals surface area contributed by atoms with Crippen molar-refractivity contribution in [1.29, 1.82) is 0 Å². The van der Waals surface area contributed by atoms with Gasteiger partial charge in [0.15, 0.2) is 0 Å². The molecule has 0 atom stereocenters. The van der Waals surface area contributed by atoms with Crippen molar-refractivity contribution in [2.24, 2.45) is 0 Å². The van der Waals surface area contributed by atoms with Crippen LogP contribution < -0.4 is 10.0 Å². The molecule has 0 saturated heterocycles. The fourth-order valence-electron chi connectivity index (χ4n) is 2.99. The van der Waals surface area contributed by atoms with Crippen molar-refractivity contribution in [3.63, 3.8) is 0 Å². The topological polar surface area (TPSA) is 121 Å². The molecule has 2 aromatic rings. The zero-order chi connectivity index (χ0) is 18.9. The molecule has 1 aliphatic rings. The maximum absolute atomic E-state index is 12.6. The minimum Gasteiger partial charge on any atom is -0.478 e. The molecular weight excluding hydrogens is 356 g/mol. The van der Waals surface area contributed by atoms with E-state index in [1.807, 2.05) is 6.07 Å². The van der Waals surface area contributed by atoms with Gasteiger partial charge in [0.05, 0.1) is 10.5 Å². The maximum atomic E-state index is 12.6. The van der Waals surface area contributed by atoms with Crippen LogP contribution in [0.3, 0.4) is 0 Å². The van der Waals surface area contributed by atoms with Gasteiger partial charge in [0.2, 0.25) is 10.0 Å². The lowest BCUT2D eigenvalue weighted by Gasteiger charge is -2.35. The Bertz CT molecular complexity index is 940. The number of nitrogens with one attached hydrogen (secondary N) is 2. The number of aryl methyl sites for hydroxylation is 1. The molecule has 0 radical (unpaired) electrons. The summed E-state index contributed by atoms with van der Waals surface area (Å²) >= 11 is 0. The number of nitrogens with zero attached hydrogens (tertiary/aromatic N) is 2. The Morgan fingerprint density at radius 2 is 1.96 bits per heavy atom. The van der Waals surface area contributed by atoms with E-state index in [1.165, 1.54) is 24.5 Å². The minimum absolute atomic E-state index is 0.000329. The van der Waals surface area contributed by atoms with Gasteiger partial charge in [-0.25, -0.2) is 27.9 Å². The van der Waals surface area contributed by atoms with Gasteiger partial charge in [0.1, 0.15) is 12.1 Å². The van der Waals surface area contributed by atoms with Crippen molar-refractivity contribution in [1.82, 2.24) is 14.7 Å². The van der Waals surface area contributed by atoms with Gasteiger partial charge in [0, 0.05) is 30.8 Å². The van der Waals surface area contributed by atoms with E-state index in [0.717, 1.165) is 11.5 Å². The van der Waals surface area contributed by atoms with Gasteiger partial charge in [-0.1, -0.05) is 6.07 Å². The average molecular weight is 376 g/mol.